The minimum Gasteiger partial charge on any atom is -0.397 e. The van der Waals surface area contributed by atoms with Crippen molar-refractivity contribution in [1.29, 1.82) is 0 Å². The molecule has 0 aromatic heterocycles. The zero-order chi connectivity index (χ0) is 13.9. The van der Waals surface area contributed by atoms with Gasteiger partial charge in [-0.1, -0.05) is 0 Å². The van der Waals surface area contributed by atoms with E-state index in [4.69, 9.17) is 5.73 Å². The van der Waals surface area contributed by atoms with E-state index in [-0.39, 0.29) is 0 Å². The number of rotatable bonds is 3. The van der Waals surface area contributed by atoms with Gasteiger partial charge in [-0.25, -0.2) is 0 Å². The van der Waals surface area contributed by atoms with Crippen molar-refractivity contribution in [3.63, 3.8) is 0 Å². The third kappa shape index (κ3) is 3.58. The summed E-state index contributed by atoms with van der Waals surface area (Å²) in [6.45, 7) is 7.85. The summed E-state index contributed by atoms with van der Waals surface area (Å²) in [7, 11) is 3.98. The Kier molecular flexibility index (Phi) is 4.48. The maximum Gasteiger partial charge on any atom is 0.0884 e. The number of benzene rings is 1. The Balaban J connectivity index is 3.44. The molecule has 1 aromatic carbocycles. The maximum absolute atomic E-state index is 6.02. The lowest BCUT2D eigenvalue weighted by Crippen LogP contribution is -2.09. The van der Waals surface area contributed by atoms with E-state index in [0.717, 1.165) is 28.5 Å². The summed E-state index contributed by atoms with van der Waals surface area (Å²) in [4.78, 5) is 11.0. The molecule has 0 bridgehead atoms. The van der Waals surface area contributed by atoms with Crippen molar-refractivity contribution in [3.05, 3.63) is 12.1 Å². The van der Waals surface area contributed by atoms with Crippen molar-refractivity contribution in [2.45, 2.75) is 27.7 Å². The number of hydrogen-bond acceptors (Lipinski definition) is 4. The number of nitrogen functional groups attached to an aromatic ring is 1. The van der Waals surface area contributed by atoms with Crippen LogP contribution in [0.4, 0.5) is 22.7 Å². The van der Waals surface area contributed by atoms with E-state index in [9.17, 15) is 0 Å². The molecule has 1 rings (SSSR count). The SMILES string of the molecule is CC(C)=Nc1cc(N(C)C)c(N=C(C)C)cc1N. The van der Waals surface area contributed by atoms with Crippen LogP contribution >= 0.6 is 0 Å². The lowest BCUT2D eigenvalue weighted by Gasteiger charge is -2.17. The standard InChI is InChI=1S/C14H22N4/c1-9(2)16-12-8-14(18(5)6)13(7-11(12)15)17-10(3)4/h7-8H,15H2,1-6H3. The monoisotopic (exact) mass is 246 g/mol. The quantitative estimate of drug-likeness (QED) is 0.655. The third-order valence-electron chi connectivity index (χ3n) is 2.29. The molecule has 0 aliphatic heterocycles. The number of nitrogens with two attached hydrogens (primary N) is 1. The van der Waals surface area contributed by atoms with Gasteiger partial charge < -0.3 is 10.6 Å². The molecule has 2 N–H and O–H groups in total. The highest BCUT2D eigenvalue weighted by Gasteiger charge is 2.09. The van der Waals surface area contributed by atoms with Crippen LogP contribution in [-0.2, 0) is 0 Å². The van der Waals surface area contributed by atoms with Gasteiger partial charge >= 0.3 is 0 Å². The van der Waals surface area contributed by atoms with Gasteiger partial charge in [0.2, 0.25) is 0 Å². The molecule has 0 spiro atoms. The zero-order valence-electron chi connectivity index (χ0n) is 12.1. The summed E-state index contributed by atoms with van der Waals surface area (Å²) in [6, 6.07) is 3.86. The van der Waals surface area contributed by atoms with Crippen molar-refractivity contribution in [1.82, 2.24) is 0 Å². The van der Waals surface area contributed by atoms with Crippen molar-refractivity contribution in [2.75, 3.05) is 24.7 Å². The fourth-order valence-electron chi connectivity index (χ4n) is 1.61. The Labute approximate surface area is 109 Å². The highest BCUT2D eigenvalue weighted by molar-refractivity contribution is 5.90. The van der Waals surface area contributed by atoms with E-state index in [1.54, 1.807) is 0 Å². The average Bonchev–Trinajstić information content (AvgIpc) is 2.19. The fourth-order valence-corrected chi connectivity index (χ4v) is 1.61. The Hall–Kier alpha value is -1.84. The van der Waals surface area contributed by atoms with Crippen LogP contribution in [0.3, 0.4) is 0 Å². The van der Waals surface area contributed by atoms with Gasteiger partial charge in [-0.15, -0.1) is 0 Å². The minimum atomic E-state index is 0.654. The van der Waals surface area contributed by atoms with Crippen LogP contribution < -0.4 is 10.6 Å². The van der Waals surface area contributed by atoms with Crippen LogP contribution in [0, 0.1) is 0 Å². The van der Waals surface area contributed by atoms with Gasteiger partial charge in [-0.3, -0.25) is 9.98 Å². The molecule has 0 amide bonds. The number of anilines is 2. The first kappa shape index (κ1) is 14.2. The van der Waals surface area contributed by atoms with Gasteiger partial charge in [0.15, 0.2) is 0 Å². The van der Waals surface area contributed by atoms with Gasteiger partial charge in [0.25, 0.3) is 0 Å². The Bertz CT molecular complexity index is 491. The molecule has 0 fully saturated rings. The molecule has 0 atom stereocenters. The summed E-state index contributed by atoms with van der Waals surface area (Å²) >= 11 is 0. The average molecular weight is 246 g/mol. The van der Waals surface area contributed by atoms with Gasteiger partial charge in [0.05, 0.1) is 22.7 Å². The normalized spacial score (nSPS) is 9.89. The maximum atomic E-state index is 6.02. The molecule has 0 saturated carbocycles. The highest BCUT2D eigenvalue weighted by Crippen LogP contribution is 2.36. The van der Waals surface area contributed by atoms with Crippen molar-refractivity contribution in [3.8, 4) is 0 Å². The molecule has 1 aromatic rings. The Morgan fingerprint density at radius 2 is 1.44 bits per heavy atom. The van der Waals surface area contributed by atoms with Crippen LogP contribution in [0.1, 0.15) is 27.7 Å². The van der Waals surface area contributed by atoms with Crippen LogP contribution in [-0.4, -0.2) is 25.5 Å². The molecule has 18 heavy (non-hydrogen) atoms. The molecule has 4 nitrogen and oxygen atoms in total. The molecule has 0 heterocycles. The molecular weight excluding hydrogens is 224 g/mol. The van der Waals surface area contributed by atoms with E-state index < -0.39 is 0 Å². The first-order valence-electron chi connectivity index (χ1n) is 5.96. The lowest BCUT2D eigenvalue weighted by molar-refractivity contribution is 1.13. The number of aliphatic imine (C=N–C) groups is 2. The first-order chi connectivity index (χ1) is 8.31. The molecule has 0 aliphatic rings. The molecule has 98 valence electrons. The van der Waals surface area contributed by atoms with Crippen LogP contribution in [0.2, 0.25) is 0 Å². The van der Waals surface area contributed by atoms with E-state index in [2.05, 4.69) is 9.98 Å². The van der Waals surface area contributed by atoms with E-state index in [1.807, 2.05) is 58.8 Å². The predicted molar refractivity (Wildman–Crippen MR) is 82.1 cm³/mol. The molecule has 4 heteroatoms. The van der Waals surface area contributed by atoms with Crippen LogP contribution in [0.15, 0.2) is 22.1 Å². The largest absolute Gasteiger partial charge is 0.397 e. The van der Waals surface area contributed by atoms with Gasteiger partial charge in [0.1, 0.15) is 0 Å². The molecule has 0 unspecified atom stereocenters. The van der Waals surface area contributed by atoms with Gasteiger partial charge in [-0.05, 0) is 39.8 Å². The van der Waals surface area contributed by atoms with Crippen molar-refractivity contribution in [2.24, 2.45) is 9.98 Å². The minimum absolute atomic E-state index is 0.654. The van der Waals surface area contributed by atoms with Crippen LogP contribution in [0.25, 0.3) is 0 Å². The topological polar surface area (TPSA) is 54.0 Å². The predicted octanol–water partition coefficient (Wildman–Crippen LogP) is 3.56. The molecule has 0 radical (unpaired) electrons. The summed E-state index contributed by atoms with van der Waals surface area (Å²) in [5, 5.41) is 0. The summed E-state index contributed by atoms with van der Waals surface area (Å²) in [5.74, 6) is 0. The van der Waals surface area contributed by atoms with E-state index >= 15 is 0 Å². The zero-order valence-corrected chi connectivity index (χ0v) is 12.1. The molecular formula is C14H22N4. The lowest BCUT2D eigenvalue weighted by atomic mass is 10.2. The summed E-state index contributed by atoms with van der Waals surface area (Å²) in [6.07, 6.45) is 0. The highest BCUT2D eigenvalue weighted by atomic mass is 15.1. The second-order valence-corrected chi connectivity index (χ2v) is 4.91. The van der Waals surface area contributed by atoms with Crippen molar-refractivity contribution < 1.29 is 0 Å². The van der Waals surface area contributed by atoms with E-state index in [0.29, 0.717) is 5.69 Å². The van der Waals surface area contributed by atoms with E-state index in [1.165, 1.54) is 0 Å². The number of hydrogen-bond donors (Lipinski definition) is 1. The summed E-state index contributed by atoms with van der Waals surface area (Å²) < 4.78 is 0. The second kappa shape index (κ2) is 5.67. The second-order valence-electron chi connectivity index (χ2n) is 4.91. The Morgan fingerprint density at radius 3 is 1.89 bits per heavy atom. The molecule has 0 saturated heterocycles. The summed E-state index contributed by atoms with van der Waals surface area (Å²) in [5.41, 5.74) is 11.4. The smallest absolute Gasteiger partial charge is 0.0884 e. The van der Waals surface area contributed by atoms with Gasteiger partial charge in [0, 0.05) is 25.5 Å². The first-order valence-corrected chi connectivity index (χ1v) is 5.96. The fraction of sp³-hybridized carbons (Fsp3) is 0.429. The van der Waals surface area contributed by atoms with Crippen molar-refractivity contribution >= 4 is 34.2 Å². The third-order valence-corrected chi connectivity index (χ3v) is 2.29. The number of nitrogens with zero attached hydrogens (tertiary/aromatic N) is 3. The van der Waals surface area contributed by atoms with Crippen LogP contribution in [0.5, 0.6) is 0 Å². The Morgan fingerprint density at radius 1 is 0.944 bits per heavy atom. The van der Waals surface area contributed by atoms with Gasteiger partial charge in [-0.2, -0.15) is 0 Å². The molecule has 0 aliphatic carbocycles.